The fraction of sp³-hybridized carbons (Fsp3) is 0.294. The Hall–Kier alpha value is -0.920. The first kappa shape index (κ1) is 21.1. The molecule has 0 saturated heterocycles. The average molecular weight is 434 g/mol. The van der Waals surface area contributed by atoms with Crippen LogP contribution in [0.5, 0.6) is 0 Å². The zero-order chi connectivity index (χ0) is 16.9. The second-order valence-electron chi connectivity index (χ2n) is 5.35. The third-order valence-corrected chi connectivity index (χ3v) is 6.79. The Balaban J connectivity index is 0.00000288. The van der Waals surface area contributed by atoms with Crippen molar-refractivity contribution in [2.75, 3.05) is 13.1 Å². The summed E-state index contributed by atoms with van der Waals surface area (Å²) < 4.78 is 28.3. The van der Waals surface area contributed by atoms with Gasteiger partial charge in [0.05, 0.1) is 4.90 Å². The number of rotatable bonds is 7. The van der Waals surface area contributed by atoms with Crippen molar-refractivity contribution in [1.29, 1.82) is 0 Å². The molecule has 0 amide bonds. The molecule has 2 rings (SSSR count). The van der Waals surface area contributed by atoms with E-state index in [9.17, 15) is 8.42 Å². The van der Waals surface area contributed by atoms with Crippen LogP contribution in [0, 0.1) is 6.92 Å². The number of hydrogen-bond acceptors (Lipinski definition) is 3. The fourth-order valence-electron chi connectivity index (χ4n) is 2.30. The van der Waals surface area contributed by atoms with Crippen molar-refractivity contribution in [3.05, 3.63) is 64.1 Å². The smallest absolute Gasteiger partial charge is 0.244 e. The number of nitrogens with two attached hydrogens (primary N) is 1. The molecule has 0 saturated carbocycles. The highest BCUT2D eigenvalue weighted by Crippen LogP contribution is 2.28. The zero-order valence-electron chi connectivity index (χ0n) is 13.5. The van der Waals surface area contributed by atoms with Crippen molar-refractivity contribution in [1.82, 2.24) is 4.31 Å². The molecule has 0 aliphatic carbocycles. The van der Waals surface area contributed by atoms with Crippen molar-refractivity contribution >= 4 is 38.4 Å². The minimum absolute atomic E-state index is 0. The molecule has 0 unspecified atom stereocenters. The van der Waals surface area contributed by atoms with Gasteiger partial charge in [-0.3, -0.25) is 0 Å². The zero-order valence-corrected chi connectivity index (χ0v) is 16.7. The van der Waals surface area contributed by atoms with Crippen LogP contribution in [0.1, 0.15) is 17.5 Å². The van der Waals surface area contributed by atoms with Crippen LogP contribution in [0.2, 0.25) is 0 Å². The number of sulfonamides is 1. The minimum Gasteiger partial charge on any atom is -0.330 e. The van der Waals surface area contributed by atoms with E-state index in [0.29, 0.717) is 35.4 Å². The summed E-state index contributed by atoms with van der Waals surface area (Å²) in [7, 11) is -3.59. The topological polar surface area (TPSA) is 63.4 Å². The van der Waals surface area contributed by atoms with Crippen LogP contribution >= 0.6 is 28.3 Å². The summed E-state index contributed by atoms with van der Waals surface area (Å²) in [5.41, 5.74) is 7.42. The van der Waals surface area contributed by atoms with Gasteiger partial charge in [-0.15, -0.1) is 12.4 Å². The van der Waals surface area contributed by atoms with Crippen LogP contribution in [0.25, 0.3) is 0 Å². The summed E-state index contributed by atoms with van der Waals surface area (Å²) in [6.45, 7) is 3.07. The molecule has 132 valence electrons. The van der Waals surface area contributed by atoms with E-state index in [1.54, 1.807) is 12.1 Å². The molecule has 0 heterocycles. The Kier molecular flexibility index (Phi) is 8.39. The molecule has 4 nitrogen and oxygen atoms in total. The monoisotopic (exact) mass is 432 g/mol. The van der Waals surface area contributed by atoms with Gasteiger partial charge in [-0.05, 0) is 53.0 Å². The van der Waals surface area contributed by atoms with Gasteiger partial charge in [-0.1, -0.05) is 42.5 Å². The van der Waals surface area contributed by atoms with Crippen molar-refractivity contribution < 1.29 is 8.42 Å². The Morgan fingerprint density at radius 1 is 1.08 bits per heavy atom. The maximum atomic E-state index is 13.1. The van der Waals surface area contributed by atoms with E-state index >= 15 is 0 Å². The Morgan fingerprint density at radius 2 is 1.75 bits per heavy atom. The molecule has 24 heavy (non-hydrogen) atoms. The molecular weight excluding hydrogens is 412 g/mol. The molecule has 0 bridgehead atoms. The van der Waals surface area contributed by atoms with Gasteiger partial charge < -0.3 is 5.73 Å². The van der Waals surface area contributed by atoms with E-state index in [4.69, 9.17) is 5.73 Å². The van der Waals surface area contributed by atoms with Crippen molar-refractivity contribution in [2.45, 2.75) is 24.8 Å². The van der Waals surface area contributed by atoms with Gasteiger partial charge in [-0.25, -0.2) is 8.42 Å². The second kappa shape index (κ2) is 9.53. The summed E-state index contributed by atoms with van der Waals surface area (Å²) in [5, 5.41) is 0. The summed E-state index contributed by atoms with van der Waals surface area (Å²) in [6, 6.07) is 14.9. The van der Waals surface area contributed by atoms with Gasteiger partial charge in [0.2, 0.25) is 10.0 Å². The van der Waals surface area contributed by atoms with Crippen LogP contribution in [-0.2, 0) is 16.6 Å². The Labute approximate surface area is 158 Å². The molecule has 7 heteroatoms. The van der Waals surface area contributed by atoms with Crippen LogP contribution in [0.15, 0.2) is 57.9 Å². The first-order valence-electron chi connectivity index (χ1n) is 7.46. The summed E-state index contributed by atoms with van der Waals surface area (Å²) in [4.78, 5) is 0.297. The van der Waals surface area contributed by atoms with Gasteiger partial charge in [0.1, 0.15) is 0 Å². The summed E-state index contributed by atoms with van der Waals surface area (Å²) in [5.74, 6) is 0. The number of nitrogens with zero attached hydrogens (tertiary/aromatic N) is 1. The third-order valence-electron chi connectivity index (χ3n) is 3.59. The van der Waals surface area contributed by atoms with Gasteiger partial charge in [-0.2, -0.15) is 4.31 Å². The lowest BCUT2D eigenvalue weighted by atomic mass is 10.2. The Bertz CT molecular complexity index is 754. The third kappa shape index (κ3) is 5.04. The van der Waals surface area contributed by atoms with Crippen molar-refractivity contribution in [2.24, 2.45) is 5.73 Å². The van der Waals surface area contributed by atoms with E-state index in [1.807, 2.05) is 43.3 Å². The van der Waals surface area contributed by atoms with E-state index in [-0.39, 0.29) is 12.4 Å². The molecule has 2 N–H and O–H groups in total. The second-order valence-corrected chi connectivity index (χ2v) is 8.05. The van der Waals surface area contributed by atoms with Gasteiger partial charge in [0, 0.05) is 17.6 Å². The first-order chi connectivity index (χ1) is 11.0. The SMILES string of the molecule is Cc1cccc(S(=O)(=O)N(CCCN)Cc2ccccc2)c1Br.Cl. The normalized spacial score (nSPS) is 11.3. The largest absolute Gasteiger partial charge is 0.330 e. The number of benzene rings is 2. The maximum absolute atomic E-state index is 13.1. The maximum Gasteiger partial charge on any atom is 0.244 e. The van der Waals surface area contributed by atoms with Crippen molar-refractivity contribution in [3.8, 4) is 0 Å². The van der Waals surface area contributed by atoms with Gasteiger partial charge in [0.25, 0.3) is 0 Å². The standard InChI is InChI=1S/C17H21BrN2O2S.ClH/c1-14-7-5-10-16(17(14)18)23(21,22)20(12-6-11-19)13-15-8-3-2-4-9-15;/h2-5,7-10H,6,11-13,19H2,1H3;1H. The quantitative estimate of drug-likeness (QED) is 0.724. The lowest BCUT2D eigenvalue weighted by Gasteiger charge is -2.23. The lowest BCUT2D eigenvalue weighted by Crippen LogP contribution is -2.33. The van der Waals surface area contributed by atoms with Crippen LogP contribution in [-0.4, -0.2) is 25.8 Å². The molecular formula is C17H22BrClN2O2S. The lowest BCUT2D eigenvalue weighted by molar-refractivity contribution is 0.401. The molecule has 2 aromatic rings. The summed E-state index contributed by atoms with van der Waals surface area (Å²) in [6.07, 6.45) is 0.621. The molecule has 0 aromatic heterocycles. The molecule has 0 radical (unpaired) electrons. The van der Waals surface area contributed by atoms with Crippen molar-refractivity contribution in [3.63, 3.8) is 0 Å². The minimum atomic E-state index is -3.59. The molecule has 0 spiro atoms. The highest BCUT2D eigenvalue weighted by molar-refractivity contribution is 9.10. The molecule has 0 atom stereocenters. The van der Waals surface area contributed by atoms with E-state index in [1.165, 1.54) is 4.31 Å². The van der Waals surface area contributed by atoms with Crippen LogP contribution in [0.3, 0.4) is 0 Å². The van der Waals surface area contributed by atoms with Gasteiger partial charge in [0.15, 0.2) is 0 Å². The van der Waals surface area contributed by atoms with Crippen LogP contribution in [0.4, 0.5) is 0 Å². The molecule has 0 aliphatic rings. The number of halogens is 2. The van der Waals surface area contributed by atoms with E-state index < -0.39 is 10.0 Å². The van der Waals surface area contributed by atoms with E-state index in [0.717, 1.165) is 11.1 Å². The first-order valence-corrected chi connectivity index (χ1v) is 9.69. The highest BCUT2D eigenvalue weighted by atomic mass is 79.9. The Morgan fingerprint density at radius 3 is 2.38 bits per heavy atom. The van der Waals surface area contributed by atoms with Gasteiger partial charge >= 0.3 is 0 Å². The number of aryl methyl sites for hydroxylation is 1. The molecule has 2 aromatic carbocycles. The predicted octanol–water partition coefficient (Wildman–Crippen LogP) is 3.72. The average Bonchev–Trinajstić information content (AvgIpc) is 2.54. The van der Waals surface area contributed by atoms with E-state index in [2.05, 4.69) is 15.9 Å². The van der Waals surface area contributed by atoms with Crippen LogP contribution < -0.4 is 5.73 Å². The fourth-order valence-corrected chi connectivity index (χ4v) is 4.78. The number of hydrogen-bond donors (Lipinski definition) is 1. The molecule has 0 fully saturated rings. The molecule has 0 aliphatic heterocycles. The predicted molar refractivity (Wildman–Crippen MR) is 104 cm³/mol. The highest BCUT2D eigenvalue weighted by Gasteiger charge is 2.26. The summed E-state index contributed by atoms with van der Waals surface area (Å²) >= 11 is 3.41.